The van der Waals surface area contributed by atoms with E-state index >= 15 is 0 Å². The molecule has 5 nitrogen and oxygen atoms in total. The van der Waals surface area contributed by atoms with Gasteiger partial charge in [0.15, 0.2) is 6.61 Å². The van der Waals surface area contributed by atoms with Gasteiger partial charge < -0.3 is 19.5 Å². The number of rotatable bonds is 9. The summed E-state index contributed by atoms with van der Waals surface area (Å²) in [5.74, 6) is 1.23. The van der Waals surface area contributed by atoms with Crippen LogP contribution in [-0.2, 0) is 9.53 Å². The Labute approximate surface area is 146 Å². The van der Waals surface area contributed by atoms with Crippen LogP contribution in [0.2, 0.25) is 0 Å². The van der Waals surface area contributed by atoms with Crippen molar-refractivity contribution in [1.29, 1.82) is 0 Å². The highest BCUT2D eigenvalue weighted by atomic mass is 32.1. The zero-order chi connectivity index (χ0) is 17.4. The van der Waals surface area contributed by atoms with Crippen LogP contribution in [0.5, 0.6) is 11.5 Å². The Hall–Kier alpha value is -2.05. The highest BCUT2D eigenvalue weighted by molar-refractivity contribution is 7.12. The van der Waals surface area contributed by atoms with Gasteiger partial charge in [-0.15, -0.1) is 11.3 Å². The number of methoxy groups -OCH3 is 1. The number of hydrogen-bond acceptors (Lipinski definition) is 5. The number of nitrogens with one attached hydrogen (secondary N) is 1. The number of amides is 1. The predicted octanol–water partition coefficient (Wildman–Crippen LogP) is 3.34. The van der Waals surface area contributed by atoms with Crippen LogP contribution in [0.1, 0.15) is 22.8 Å². The molecule has 0 saturated heterocycles. The number of benzene rings is 1. The highest BCUT2D eigenvalue weighted by Gasteiger charge is 2.14. The molecule has 6 heteroatoms. The van der Waals surface area contributed by atoms with Gasteiger partial charge in [-0.2, -0.15) is 0 Å². The maximum Gasteiger partial charge on any atom is 0.258 e. The average Bonchev–Trinajstić information content (AvgIpc) is 3.01. The van der Waals surface area contributed by atoms with E-state index in [1.807, 2.05) is 38.1 Å². The van der Waals surface area contributed by atoms with Gasteiger partial charge in [-0.25, -0.2) is 0 Å². The molecule has 1 N–H and O–H groups in total. The van der Waals surface area contributed by atoms with Gasteiger partial charge in [-0.3, -0.25) is 4.79 Å². The summed E-state index contributed by atoms with van der Waals surface area (Å²) >= 11 is 1.67. The van der Waals surface area contributed by atoms with Crippen LogP contribution in [-0.4, -0.2) is 32.8 Å². The molecule has 2 rings (SSSR count). The molecular formula is C18H23NO4S. The number of hydrogen-bond donors (Lipinski definition) is 1. The molecule has 0 saturated carbocycles. The molecule has 1 aromatic carbocycles. The van der Waals surface area contributed by atoms with Crippen molar-refractivity contribution in [2.45, 2.75) is 20.0 Å². The first kappa shape index (κ1) is 18.3. The maximum absolute atomic E-state index is 11.9. The fourth-order valence-electron chi connectivity index (χ4n) is 2.13. The Kier molecular flexibility index (Phi) is 7.08. The molecule has 1 heterocycles. The van der Waals surface area contributed by atoms with E-state index in [0.717, 1.165) is 10.6 Å². The second-order valence-electron chi connectivity index (χ2n) is 5.17. The second-order valence-corrected chi connectivity index (χ2v) is 6.49. The second kappa shape index (κ2) is 9.30. The van der Waals surface area contributed by atoms with Gasteiger partial charge in [-0.1, -0.05) is 0 Å². The SMILES string of the molecule is CCOc1ccc(OCC(=O)NCC(OC)c2ccc(C)s2)cc1. The molecule has 0 aliphatic carbocycles. The molecule has 1 atom stereocenters. The summed E-state index contributed by atoms with van der Waals surface area (Å²) in [5, 5.41) is 2.84. The molecule has 2 aromatic rings. The molecule has 0 spiro atoms. The maximum atomic E-state index is 11.9. The minimum absolute atomic E-state index is 0.0338. The van der Waals surface area contributed by atoms with Crippen LogP contribution < -0.4 is 14.8 Å². The third-order valence-electron chi connectivity index (χ3n) is 3.35. The number of carbonyl (C=O) groups is 1. The van der Waals surface area contributed by atoms with Crippen LogP contribution in [0.3, 0.4) is 0 Å². The lowest BCUT2D eigenvalue weighted by Gasteiger charge is -2.15. The monoisotopic (exact) mass is 349 g/mol. The fourth-order valence-corrected chi connectivity index (χ4v) is 3.09. The van der Waals surface area contributed by atoms with E-state index in [0.29, 0.717) is 18.9 Å². The van der Waals surface area contributed by atoms with Crippen molar-refractivity contribution in [3.05, 3.63) is 46.2 Å². The quantitative estimate of drug-likeness (QED) is 0.754. The highest BCUT2D eigenvalue weighted by Crippen LogP contribution is 2.24. The summed E-state index contributed by atoms with van der Waals surface area (Å²) in [6.07, 6.45) is -0.141. The van der Waals surface area contributed by atoms with Crippen LogP contribution >= 0.6 is 11.3 Å². The minimum atomic E-state index is -0.181. The molecule has 0 aliphatic heterocycles. The van der Waals surface area contributed by atoms with E-state index < -0.39 is 0 Å². The topological polar surface area (TPSA) is 56.8 Å². The Balaban J connectivity index is 1.76. The van der Waals surface area contributed by atoms with Crippen molar-refractivity contribution in [3.63, 3.8) is 0 Å². The minimum Gasteiger partial charge on any atom is -0.494 e. The molecule has 1 aromatic heterocycles. The van der Waals surface area contributed by atoms with E-state index in [1.54, 1.807) is 30.6 Å². The van der Waals surface area contributed by atoms with Gasteiger partial charge in [0, 0.05) is 23.4 Å². The van der Waals surface area contributed by atoms with E-state index in [1.165, 1.54) is 4.88 Å². The smallest absolute Gasteiger partial charge is 0.258 e. The summed E-state index contributed by atoms with van der Waals surface area (Å²) < 4.78 is 16.3. The number of thiophene rings is 1. The van der Waals surface area contributed by atoms with Crippen molar-refractivity contribution in [3.8, 4) is 11.5 Å². The van der Waals surface area contributed by atoms with Gasteiger partial charge in [0.1, 0.15) is 17.6 Å². The Morgan fingerprint density at radius 1 is 1.12 bits per heavy atom. The predicted molar refractivity (Wildman–Crippen MR) is 94.9 cm³/mol. The molecule has 0 fully saturated rings. The largest absolute Gasteiger partial charge is 0.494 e. The number of ether oxygens (including phenoxy) is 3. The molecule has 0 aliphatic rings. The fraction of sp³-hybridized carbons (Fsp3) is 0.389. The molecule has 0 bridgehead atoms. The van der Waals surface area contributed by atoms with Gasteiger partial charge in [0.05, 0.1) is 6.61 Å². The van der Waals surface area contributed by atoms with Crippen LogP contribution in [0.4, 0.5) is 0 Å². The van der Waals surface area contributed by atoms with Gasteiger partial charge in [0.25, 0.3) is 5.91 Å². The number of carbonyl (C=O) groups excluding carboxylic acids is 1. The summed E-state index contributed by atoms with van der Waals surface area (Å²) in [7, 11) is 1.64. The normalized spacial score (nSPS) is 11.8. The third kappa shape index (κ3) is 5.54. The van der Waals surface area contributed by atoms with Gasteiger partial charge in [-0.05, 0) is 50.2 Å². The summed E-state index contributed by atoms with van der Waals surface area (Å²) in [5.41, 5.74) is 0. The zero-order valence-corrected chi connectivity index (χ0v) is 15.0. The third-order valence-corrected chi connectivity index (χ3v) is 4.45. The molecular weight excluding hydrogens is 326 g/mol. The summed E-state index contributed by atoms with van der Waals surface area (Å²) in [6.45, 7) is 4.98. The Morgan fingerprint density at radius 2 is 1.79 bits per heavy atom. The lowest BCUT2D eigenvalue weighted by Crippen LogP contribution is -2.32. The first-order chi connectivity index (χ1) is 11.6. The van der Waals surface area contributed by atoms with Gasteiger partial charge in [0.2, 0.25) is 0 Å². The van der Waals surface area contributed by atoms with E-state index in [4.69, 9.17) is 14.2 Å². The Bertz CT molecular complexity index is 639. The first-order valence-corrected chi connectivity index (χ1v) is 8.65. The lowest BCUT2D eigenvalue weighted by atomic mass is 10.3. The standard InChI is InChI=1S/C18H23NO4S/c1-4-22-14-6-8-15(9-7-14)23-12-18(20)19-11-16(21-3)17-10-5-13(2)24-17/h5-10,16H,4,11-12H2,1-3H3,(H,19,20). The van der Waals surface area contributed by atoms with Crippen LogP contribution in [0.25, 0.3) is 0 Å². The van der Waals surface area contributed by atoms with Crippen molar-refractivity contribution < 1.29 is 19.0 Å². The van der Waals surface area contributed by atoms with Crippen molar-refractivity contribution in [2.75, 3.05) is 26.9 Å². The molecule has 1 unspecified atom stereocenters. The number of aryl methyl sites for hydroxylation is 1. The van der Waals surface area contributed by atoms with Crippen LogP contribution in [0.15, 0.2) is 36.4 Å². The molecule has 24 heavy (non-hydrogen) atoms. The molecule has 0 radical (unpaired) electrons. The zero-order valence-electron chi connectivity index (χ0n) is 14.2. The summed E-state index contributed by atoms with van der Waals surface area (Å²) in [4.78, 5) is 14.2. The lowest BCUT2D eigenvalue weighted by molar-refractivity contribution is -0.123. The molecule has 130 valence electrons. The van der Waals surface area contributed by atoms with E-state index in [2.05, 4.69) is 5.32 Å². The van der Waals surface area contributed by atoms with Crippen LogP contribution in [0, 0.1) is 6.92 Å². The van der Waals surface area contributed by atoms with E-state index in [9.17, 15) is 4.79 Å². The summed E-state index contributed by atoms with van der Waals surface area (Å²) in [6, 6.07) is 11.3. The van der Waals surface area contributed by atoms with Crippen molar-refractivity contribution in [1.82, 2.24) is 5.32 Å². The molecule has 1 amide bonds. The van der Waals surface area contributed by atoms with E-state index in [-0.39, 0.29) is 18.6 Å². The first-order valence-electron chi connectivity index (χ1n) is 7.84. The average molecular weight is 349 g/mol. The van der Waals surface area contributed by atoms with Crippen molar-refractivity contribution >= 4 is 17.2 Å². The van der Waals surface area contributed by atoms with Crippen molar-refractivity contribution in [2.24, 2.45) is 0 Å². The van der Waals surface area contributed by atoms with Gasteiger partial charge >= 0.3 is 0 Å². The Morgan fingerprint density at radius 3 is 2.33 bits per heavy atom.